The highest BCUT2D eigenvalue weighted by Crippen LogP contribution is 2.20. The Labute approximate surface area is 106 Å². The summed E-state index contributed by atoms with van der Waals surface area (Å²) in [5.74, 6) is 0.363. The van der Waals surface area contributed by atoms with Crippen LogP contribution in [-0.2, 0) is 6.42 Å². The van der Waals surface area contributed by atoms with Gasteiger partial charge in [0.05, 0.1) is 12.8 Å². The van der Waals surface area contributed by atoms with Gasteiger partial charge in [-0.3, -0.25) is 4.98 Å². The van der Waals surface area contributed by atoms with Gasteiger partial charge in [0.1, 0.15) is 11.6 Å². The number of pyridine rings is 1. The third kappa shape index (κ3) is 3.20. The Bertz CT molecular complexity index is 502. The van der Waals surface area contributed by atoms with Crippen LogP contribution in [0.2, 0.25) is 0 Å². The molecule has 1 N–H and O–H groups in total. The number of nitrogens with zero attached hydrogens (tertiary/aromatic N) is 1. The van der Waals surface area contributed by atoms with Crippen LogP contribution in [0.25, 0.3) is 0 Å². The van der Waals surface area contributed by atoms with Gasteiger partial charge in [-0.25, -0.2) is 4.39 Å². The lowest BCUT2D eigenvalue weighted by atomic mass is 10.2. The minimum atomic E-state index is -0.276. The molecule has 4 heteroatoms. The predicted molar refractivity (Wildman–Crippen MR) is 69.4 cm³/mol. The molecular weight excluding hydrogens is 231 g/mol. The van der Waals surface area contributed by atoms with Crippen LogP contribution in [0.3, 0.4) is 0 Å². The highest BCUT2D eigenvalue weighted by molar-refractivity contribution is 5.49. The molecule has 1 heterocycles. The summed E-state index contributed by atoms with van der Waals surface area (Å²) < 4.78 is 18.6. The van der Waals surface area contributed by atoms with Crippen LogP contribution >= 0.6 is 0 Å². The summed E-state index contributed by atoms with van der Waals surface area (Å²) >= 11 is 0. The first-order valence-corrected chi connectivity index (χ1v) is 5.76. The number of ether oxygens (including phenoxy) is 1. The van der Waals surface area contributed by atoms with Crippen molar-refractivity contribution in [1.82, 2.24) is 4.98 Å². The van der Waals surface area contributed by atoms with E-state index in [0.717, 1.165) is 12.0 Å². The lowest BCUT2D eigenvalue weighted by Crippen LogP contribution is -2.06. The summed E-state index contributed by atoms with van der Waals surface area (Å²) in [5.41, 5.74) is 1.58. The number of methoxy groups -OCH3 is 1. The zero-order chi connectivity index (χ0) is 12.8. The van der Waals surface area contributed by atoms with E-state index in [1.807, 2.05) is 18.3 Å². The fraction of sp³-hybridized carbons (Fsp3) is 0.214. The van der Waals surface area contributed by atoms with Gasteiger partial charge in [-0.1, -0.05) is 6.07 Å². The molecule has 0 aliphatic heterocycles. The molecule has 0 bridgehead atoms. The van der Waals surface area contributed by atoms with Crippen LogP contribution in [0.1, 0.15) is 5.56 Å². The highest BCUT2D eigenvalue weighted by Gasteiger charge is 2.03. The molecule has 1 aromatic heterocycles. The van der Waals surface area contributed by atoms with Crippen molar-refractivity contribution in [3.63, 3.8) is 0 Å². The summed E-state index contributed by atoms with van der Waals surface area (Å²) in [6.45, 7) is 0.649. The molecule has 0 saturated heterocycles. The molecule has 0 atom stereocenters. The van der Waals surface area contributed by atoms with E-state index in [-0.39, 0.29) is 5.82 Å². The molecule has 0 aliphatic carbocycles. The summed E-state index contributed by atoms with van der Waals surface area (Å²) in [6, 6.07) is 8.53. The first-order chi connectivity index (χ1) is 8.79. The monoisotopic (exact) mass is 246 g/mol. The normalized spacial score (nSPS) is 10.1. The number of hydrogen-bond acceptors (Lipinski definition) is 3. The van der Waals surface area contributed by atoms with Gasteiger partial charge in [0.25, 0.3) is 0 Å². The quantitative estimate of drug-likeness (QED) is 0.880. The third-order valence-electron chi connectivity index (χ3n) is 2.63. The third-order valence-corrected chi connectivity index (χ3v) is 2.63. The average molecular weight is 246 g/mol. The summed E-state index contributed by atoms with van der Waals surface area (Å²) in [5, 5.41) is 3.05. The molecular formula is C14H15FN2O. The molecule has 18 heavy (non-hydrogen) atoms. The number of rotatable bonds is 5. The Balaban J connectivity index is 1.94. The second-order valence-electron chi connectivity index (χ2n) is 3.88. The smallest absolute Gasteiger partial charge is 0.146 e. The predicted octanol–water partition coefficient (Wildman–Crippen LogP) is 2.88. The maximum Gasteiger partial charge on any atom is 0.146 e. The second kappa shape index (κ2) is 6.00. The maximum atomic E-state index is 13.5. The highest BCUT2D eigenvalue weighted by atomic mass is 19.1. The van der Waals surface area contributed by atoms with Crippen molar-refractivity contribution in [2.45, 2.75) is 6.42 Å². The molecule has 94 valence electrons. The van der Waals surface area contributed by atoms with E-state index in [1.54, 1.807) is 25.4 Å². The summed E-state index contributed by atoms with van der Waals surface area (Å²) in [6.07, 6.45) is 4.34. The molecule has 0 radical (unpaired) electrons. The zero-order valence-corrected chi connectivity index (χ0v) is 10.2. The molecule has 0 spiro atoms. The van der Waals surface area contributed by atoms with E-state index in [1.165, 1.54) is 6.07 Å². The Morgan fingerprint density at radius 2 is 2.22 bits per heavy atom. The molecule has 2 aromatic rings. The Morgan fingerprint density at radius 3 is 2.94 bits per heavy atom. The van der Waals surface area contributed by atoms with Gasteiger partial charge >= 0.3 is 0 Å². The molecule has 0 saturated carbocycles. The summed E-state index contributed by atoms with van der Waals surface area (Å²) in [4.78, 5) is 4.03. The van der Waals surface area contributed by atoms with Crippen LogP contribution in [0.15, 0.2) is 42.7 Å². The van der Waals surface area contributed by atoms with Gasteiger partial charge in [-0.05, 0) is 30.2 Å². The van der Waals surface area contributed by atoms with Gasteiger partial charge in [0.2, 0.25) is 0 Å². The Hall–Kier alpha value is -2.10. The number of aromatic nitrogens is 1. The molecule has 0 fully saturated rings. The lowest BCUT2D eigenvalue weighted by Gasteiger charge is -2.09. The molecule has 1 aromatic carbocycles. The first kappa shape index (κ1) is 12.4. The van der Waals surface area contributed by atoms with Gasteiger partial charge < -0.3 is 10.1 Å². The maximum absolute atomic E-state index is 13.5. The van der Waals surface area contributed by atoms with Crippen LogP contribution in [0.4, 0.5) is 10.1 Å². The van der Waals surface area contributed by atoms with E-state index in [9.17, 15) is 4.39 Å². The van der Waals surface area contributed by atoms with Crippen LogP contribution in [-0.4, -0.2) is 18.6 Å². The van der Waals surface area contributed by atoms with Crippen LogP contribution < -0.4 is 10.1 Å². The number of nitrogens with one attached hydrogen (secondary N) is 1. The van der Waals surface area contributed by atoms with Crippen molar-refractivity contribution >= 4 is 5.69 Å². The largest absolute Gasteiger partial charge is 0.497 e. The fourth-order valence-electron chi connectivity index (χ4n) is 1.65. The van der Waals surface area contributed by atoms with E-state index in [2.05, 4.69) is 10.3 Å². The summed E-state index contributed by atoms with van der Waals surface area (Å²) in [7, 11) is 1.56. The Kier molecular flexibility index (Phi) is 4.12. The number of halogens is 1. The van der Waals surface area contributed by atoms with Crippen molar-refractivity contribution < 1.29 is 9.13 Å². The van der Waals surface area contributed by atoms with Gasteiger partial charge in [-0.2, -0.15) is 0 Å². The van der Waals surface area contributed by atoms with E-state index in [0.29, 0.717) is 18.0 Å². The second-order valence-corrected chi connectivity index (χ2v) is 3.88. The molecule has 3 nitrogen and oxygen atoms in total. The van der Waals surface area contributed by atoms with Gasteiger partial charge in [0.15, 0.2) is 0 Å². The molecule has 0 amide bonds. The van der Waals surface area contributed by atoms with Crippen molar-refractivity contribution in [1.29, 1.82) is 0 Å². The topological polar surface area (TPSA) is 34.1 Å². The molecule has 2 rings (SSSR count). The zero-order valence-electron chi connectivity index (χ0n) is 10.2. The average Bonchev–Trinajstić information content (AvgIpc) is 2.42. The standard InChI is InChI=1S/C14H15FN2O/c1-18-12-4-5-13(15)14(9-12)17-8-6-11-3-2-7-16-10-11/h2-5,7,9-10,17H,6,8H2,1H3. The number of benzene rings is 1. The van der Waals surface area contributed by atoms with Gasteiger partial charge in [-0.15, -0.1) is 0 Å². The minimum absolute atomic E-state index is 0.276. The van der Waals surface area contributed by atoms with Crippen molar-refractivity contribution in [3.8, 4) is 5.75 Å². The number of anilines is 1. The SMILES string of the molecule is COc1ccc(F)c(NCCc2cccnc2)c1. The number of hydrogen-bond donors (Lipinski definition) is 1. The van der Waals surface area contributed by atoms with Crippen LogP contribution in [0.5, 0.6) is 5.75 Å². The minimum Gasteiger partial charge on any atom is -0.497 e. The van der Waals surface area contributed by atoms with Gasteiger partial charge in [0, 0.05) is 25.0 Å². The van der Waals surface area contributed by atoms with Crippen molar-refractivity contribution in [3.05, 3.63) is 54.1 Å². The molecule has 0 unspecified atom stereocenters. The fourth-order valence-corrected chi connectivity index (χ4v) is 1.65. The van der Waals surface area contributed by atoms with E-state index < -0.39 is 0 Å². The van der Waals surface area contributed by atoms with E-state index in [4.69, 9.17) is 4.74 Å². The van der Waals surface area contributed by atoms with Crippen molar-refractivity contribution in [2.24, 2.45) is 0 Å². The van der Waals surface area contributed by atoms with E-state index >= 15 is 0 Å². The van der Waals surface area contributed by atoms with Crippen LogP contribution in [0, 0.1) is 5.82 Å². The first-order valence-electron chi connectivity index (χ1n) is 5.76. The Morgan fingerprint density at radius 1 is 1.33 bits per heavy atom. The molecule has 0 aliphatic rings. The van der Waals surface area contributed by atoms with Crippen molar-refractivity contribution in [2.75, 3.05) is 19.0 Å². The lowest BCUT2D eigenvalue weighted by molar-refractivity contribution is 0.414.